The Hall–Kier alpha value is -2.88. The third-order valence-corrected chi connectivity index (χ3v) is 9.10. The quantitative estimate of drug-likeness (QED) is 0.612. The lowest BCUT2D eigenvalue weighted by molar-refractivity contribution is -0.123. The monoisotopic (exact) mass is 534 g/mol. The summed E-state index contributed by atoms with van der Waals surface area (Å²) in [5.41, 5.74) is 4.61. The second kappa shape index (κ2) is 10.9. The molecule has 0 spiro atoms. The number of piperazine rings is 1. The van der Waals surface area contributed by atoms with Crippen molar-refractivity contribution < 1.29 is 14.3 Å². The van der Waals surface area contributed by atoms with Crippen LogP contribution in [-0.2, 0) is 9.47 Å². The largest absolute Gasteiger partial charge is 0.378 e. The predicted octanol–water partition coefficient (Wildman–Crippen LogP) is 3.41. The van der Waals surface area contributed by atoms with Crippen LogP contribution in [0.5, 0.6) is 0 Å². The zero-order chi connectivity index (χ0) is 27.0. The zero-order valence-corrected chi connectivity index (χ0v) is 23.5. The molecule has 2 aromatic rings. The van der Waals surface area contributed by atoms with E-state index in [4.69, 9.17) is 9.47 Å². The summed E-state index contributed by atoms with van der Waals surface area (Å²) in [5.74, 6) is 0.390. The molecular formula is C30H42N6O3. The lowest BCUT2D eigenvalue weighted by Crippen LogP contribution is -2.57. The Morgan fingerprint density at radius 3 is 2.54 bits per heavy atom. The number of hydrogen-bond donors (Lipinski definition) is 1. The maximum absolute atomic E-state index is 12.4. The summed E-state index contributed by atoms with van der Waals surface area (Å²) in [7, 11) is 1.89. The highest BCUT2D eigenvalue weighted by Crippen LogP contribution is 2.40. The first-order valence-corrected chi connectivity index (χ1v) is 14.5. The first kappa shape index (κ1) is 26.3. The molecule has 39 heavy (non-hydrogen) atoms. The van der Waals surface area contributed by atoms with Gasteiger partial charge in [0.15, 0.2) is 0 Å². The van der Waals surface area contributed by atoms with E-state index in [0.717, 1.165) is 64.2 Å². The van der Waals surface area contributed by atoms with Gasteiger partial charge in [-0.2, -0.15) is 5.10 Å². The van der Waals surface area contributed by atoms with Crippen molar-refractivity contribution in [2.24, 2.45) is 5.92 Å². The average Bonchev–Trinajstić information content (AvgIpc) is 3.37. The summed E-state index contributed by atoms with van der Waals surface area (Å²) in [6.07, 6.45) is 14.1. The molecule has 0 bridgehead atoms. The van der Waals surface area contributed by atoms with Gasteiger partial charge in [-0.3, -0.25) is 4.90 Å². The number of piperidine rings is 1. The van der Waals surface area contributed by atoms with E-state index in [-0.39, 0.29) is 17.7 Å². The Bertz CT molecular complexity index is 1230. The molecule has 0 aromatic carbocycles. The number of urea groups is 1. The molecule has 6 rings (SSSR count). The minimum atomic E-state index is -0.0892. The number of methoxy groups -OCH3 is 1. The van der Waals surface area contributed by atoms with Gasteiger partial charge in [-0.05, 0) is 50.8 Å². The zero-order valence-electron chi connectivity index (χ0n) is 23.5. The van der Waals surface area contributed by atoms with E-state index >= 15 is 0 Å². The van der Waals surface area contributed by atoms with Crippen molar-refractivity contribution in [3.05, 3.63) is 48.3 Å². The van der Waals surface area contributed by atoms with Crippen LogP contribution in [0, 0.1) is 5.92 Å². The van der Waals surface area contributed by atoms with Crippen molar-refractivity contribution in [3.63, 3.8) is 0 Å². The van der Waals surface area contributed by atoms with E-state index in [1.54, 1.807) is 0 Å². The summed E-state index contributed by atoms with van der Waals surface area (Å²) in [4.78, 5) is 19.3. The first-order valence-electron chi connectivity index (χ1n) is 14.5. The number of allylic oxidation sites excluding steroid dienone is 3. The lowest BCUT2D eigenvalue weighted by Gasteiger charge is -2.48. The minimum Gasteiger partial charge on any atom is -0.378 e. The number of anilines is 1. The maximum Gasteiger partial charge on any atom is 0.317 e. The highest BCUT2D eigenvalue weighted by atomic mass is 16.5. The Labute approximate surface area is 231 Å². The predicted molar refractivity (Wildman–Crippen MR) is 153 cm³/mol. The van der Waals surface area contributed by atoms with Crippen molar-refractivity contribution in [2.45, 2.75) is 50.8 Å². The van der Waals surface area contributed by atoms with Gasteiger partial charge in [0.1, 0.15) is 0 Å². The Morgan fingerprint density at radius 1 is 1.15 bits per heavy atom. The van der Waals surface area contributed by atoms with Crippen LogP contribution >= 0.6 is 0 Å². The molecule has 1 N–H and O–H groups in total. The molecule has 2 amide bonds. The number of nitrogens with one attached hydrogen (secondary N) is 1. The summed E-state index contributed by atoms with van der Waals surface area (Å²) >= 11 is 0. The van der Waals surface area contributed by atoms with Gasteiger partial charge in [0.05, 0.1) is 36.1 Å². The minimum absolute atomic E-state index is 0.0256. The Balaban J connectivity index is 1.12. The van der Waals surface area contributed by atoms with Crippen LogP contribution in [-0.4, -0.2) is 103 Å². The molecule has 210 valence electrons. The van der Waals surface area contributed by atoms with E-state index in [1.165, 1.54) is 16.8 Å². The second-order valence-electron chi connectivity index (χ2n) is 11.7. The van der Waals surface area contributed by atoms with Crippen LogP contribution in [0.15, 0.2) is 42.8 Å². The average molecular weight is 535 g/mol. The number of fused-ring (bicyclic) bond motifs is 1. The van der Waals surface area contributed by atoms with Gasteiger partial charge in [0, 0.05) is 76.3 Å². The van der Waals surface area contributed by atoms with E-state index in [9.17, 15) is 4.79 Å². The van der Waals surface area contributed by atoms with Crippen molar-refractivity contribution in [3.8, 4) is 0 Å². The van der Waals surface area contributed by atoms with Gasteiger partial charge in [-0.15, -0.1) is 0 Å². The van der Waals surface area contributed by atoms with Crippen LogP contribution in [0.2, 0.25) is 0 Å². The van der Waals surface area contributed by atoms with Gasteiger partial charge in [0.25, 0.3) is 0 Å². The standard InChI is InChI=1S/C30H42N6O3/c1-22(2)32-29(37)35-16-14-34(15-17-35)27-8-11-31-36-19-24(18-28(27)36)23-4-6-25(7-5-23)30(38-3)9-12-33(13-10-30)26-20-39-21-26/h4-6,8,11,18-19,22,25-26H,7,9-10,12-17,20-21H2,1-3H3,(H,32,37). The smallest absolute Gasteiger partial charge is 0.317 e. The number of likely N-dealkylation sites (tertiary alicyclic amines) is 1. The number of aromatic nitrogens is 2. The molecule has 3 aliphatic heterocycles. The molecule has 4 aliphatic rings. The molecule has 1 aliphatic carbocycles. The number of ether oxygens (including phenoxy) is 2. The van der Waals surface area contributed by atoms with Crippen LogP contribution in [0.3, 0.4) is 0 Å². The van der Waals surface area contributed by atoms with Crippen molar-refractivity contribution in [1.29, 1.82) is 0 Å². The maximum atomic E-state index is 12.4. The second-order valence-corrected chi connectivity index (χ2v) is 11.7. The molecule has 0 radical (unpaired) electrons. The summed E-state index contributed by atoms with van der Waals surface area (Å²) in [5, 5.41) is 7.61. The number of carbonyl (C=O) groups is 1. The van der Waals surface area contributed by atoms with Gasteiger partial charge < -0.3 is 24.6 Å². The fourth-order valence-electron chi connectivity index (χ4n) is 6.57. The van der Waals surface area contributed by atoms with Crippen LogP contribution in [0.25, 0.3) is 11.1 Å². The third kappa shape index (κ3) is 5.19. The number of carbonyl (C=O) groups excluding carboxylic acids is 1. The Morgan fingerprint density at radius 2 is 1.92 bits per heavy atom. The SMILES string of the molecule is COC1(C2C=CC(c3cc4c(N5CCN(C(=O)NC(C)C)CC5)ccnn4c3)=CC2)CCN(C2COC2)CC1. The van der Waals surface area contributed by atoms with Crippen molar-refractivity contribution >= 4 is 22.8 Å². The van der Waals surface area contributed by atoms with Gasteiger partial charge in [-0.1, -0.05) is 18.2 Å². The summed E-state index contributed by atoms with van der Waals surface area (Å²) < 4.78 is 13.6. The molecule has 2 aromatic heterocycles. The van der Waals surface area contributed by atoms with Crippen LogP contribution < -0.4 is 10.2 Å². The van der Waals surface area contributed by atoms with E-state index in [1.807, 2.05) is 36.6 Å². The molecule has 1 unspecified atom stereocenters. The summed E-state index contributed by atoms with van der Waals surface area (Å²) in [6.45, 7) is 10.9. The fraction of sp³-hybridized carbons (Fsp3) is 0.600. The summed E-state index contributed by atoms with van der Waals surface area (Å²) in [6, 6.07) is 5.12. The topological polar surface area (TPSA) is 74.6 Å². The lowest BCUT2D eigenvalue weighted by atomic mass is 9.75. The number of hydrogen-bond acceptors (Lipinski definition) is 6. The molecule has 3 fully saturated rings. The highest BCUT2D eigenvalue weighted by Gasteiger charge is 2.42. The van der Waals surface area contributed by atoms with Gasteiger partial charge in [0.2, 0.25) is 0 Å². The third-order valence-electron chi connectivity index (χ3n) is 9.10. The normalized spacial score (nSPS) is 24.2. The molecule has 1 atom stereocenters. The fourth-order valence-corrected chi connectivity index (χ4v) is 6.57. The Kier molecular flexibility index (Phi) is 7.39. The van der Waals surface area contributed by atoms with E-state index in [0.29, 0.717) is 25.0 Å². The first-order chi connectivity index (χ1) is 19.0. The van der Waals surface area contributed by atoms with Crippen molar-refractivity contribution in [2.75, 3.05) is 64.5 Å². The molecular weight excluding hydrogens is 492 g/mol. The van der Waals surface area contributed by atoms with Crippen LogP contribution in [0.4, 0.5) is 10.5 Å². The highest BCUT2D eigenvalue weighted by molar-refractivity contribution is 5.83. The molecule has 9 heteroatoms. The number of rotatable bonds is 6. The molecule has 9 nitrogen and oxygen atoms in total. The van der Waals surface area contributed by atoms with Crippen molar-refractivity contribution in [1.82, 2.24) is 24.7 Å². The van der Waals surface area contributed by atoms with Crippen LogP contribution in [0.1, 0.15) is 38.7 Å². The van der Waals surface area contributed by atoms with Gasteiger partial charge in [-0.25, -0.2) is 9.31 Å². The van der Waals surface area contributed by atoms with E-state index in [2.05, 4.69) is 56.8 Å². The molecule has 3 saturated heterocycles. The molecule has 0 saturated carbocycles. The molecule has 5 heterocycles. The number of nitrogens with zero attached hydrogens (tertiary/aromatic N) is 5. The van der Waals surface area contributed by atoms with E-state index < -0.39 is 0 Å². The van der Waals surface area contributed by atoms with Gasteiger partial charge >= 0.3 is 6.03 Å². The number of amides is 2.